The third kappa shape index (κ3) is 2.48. The van der Waals surface area contributed by atoms with Crippen LogP contribution >= 0.6 is 0 Å². The molecule has 0 radical (unpaired) electrons. The molecule has 1 fully saturated rings. The first-order valence-electron chi connectivity index (χ1n) is 6.26. The average molecular weight is 248 g/mol. The number of nitrogens with one attached hydrogen (secondary N) is 1. The Kier molecular flexibility index (Phi) is 3.30. The van der Waals surface area contributed by atoms with Gasteiger partial charge in [0.2, 0.25) is 0 Å². The fourth-order valence-electron chi connectivity index (χ4n) is 2.05. The number of anilines is 1. The van der Waals surface area contributed by atoms with Gasteiger partial charge in [-0.25, -0.2) is 4.79 Å². The summed E-state index contributed by atoms with van der Waals surface area (Å²) >= 11 is 0. The lowest BCUT2D eigenvalue weighted by molar-refractivity contribution is -0.105. The Morgan fingerprint density at radius 3 is 2.67 bits per heavy atom. The first-order chi connectivity index (χ1) is 8.40. The lowest BCUT2D eigenvalue weighted by Gasteiger charge is -2.48. The largest absolute Gasteiger partial charge is 0.386 e. The highest BCUT2D eigenvalue weighted by molar-refractivity contribution is 5.90. The van der Waals surface area contributed by atoms with Crippen molar-refractivity contribution in [2.45, 2.75) is 26.4 Å². The van der Waals surface area contributed by atoms with E-state index in [1.165, 1.54) is 0 Å². The van der Waals surface area contributed by atoms with Gasteiger partial charge in [0.1, 0.15) is 5.60 Å². The summed E-state index contributed by atoms with van der Waals surface area (Å²) in [4.78, 5) is 13.5. The number of aryl methyl sites for hydroxylation is 1. The molecule has 1 aromatic carbocycles. The molecule has 1 aliphatic rings. The van der Waals surface area contributed by atoms with Crippen LogP contribution < -0.4 is 5.32 Å². The maximum absolute atomic E-state index is 11.9. The minimum atomic E-state index is -0.718. The van der Waals surface area contributed by atoms with Crippen LogP contribution in [0.2, 0.25) is 0 Å². The van der Waals surface area contributed by atoms with Gasteiger partial charge in [-0.1, -0.05) is 26.0 Å². The molecule has 1 saturated heterocycles. The van der Waals surface area contributed by atoms with E-state index < -0.39 is 5.60 Å². The number of β-amino-alcohol motifs (C(OH)–C–C–N with tert-alkyl or cyclic N) is 1. The molecule has 0 aromatic heterocycles. The summed E-state index contributed by atoms with van der Waals surface area (Å²) in [5.41, 5.74) is 1.18. The lowest BCUT2D eigenvalue weighted by Crippen LogP contribution is -2.66. The van der Waals surface area contributed by atoms with E-state index in [-0.39, 0.29) is 11.9 Å². The molecule has 1 heterocycles. The number of carbonyl (C=O) groups excluding carboxylic acids is 1. The molecule has 0 atom stereocenters. The number of rotatable bonds is 2. The monoisotopic (exact) mass is 248 g/mol. The van der Waals surface area contributed by atoms with Crippen molar-refractivity contribution in [1.29, 1.82) is 0 Å². The molecule has 98 valence electrons. The summed E-state index contributed by atoms with van der Waals surface area (Å²) in [5, 5.41) is 12.9. The van der Waals surface area contributed by atoms with Crippen molar-refractivity contribution in [2.24, 2.45) is 5.92 Å². The Hall–Kier alpha value is -1.55. The van der Waals surface area contributed by atoms with Crippen LogP contribution in [0.4, 0.5) is 10.5 Å². The van der Waals surface area contributed by atoms with Gasteiger partial charge in [-0.15, -0.1) is 0 Å². The summed E-state index contributed by atoms with van der Waals surface area (Å²) in [6, 6.07) is 7.53. The quantitative estimate of drug-likeness (QED) is 0.843. The molecular formula is C14H20N2O2. The van der Waals surface area contributed by atoms with Crippen molar-refractivity contribution >= 4 is 11.7 Å². The number of likely N-dealkylation sites (tertiary alicyclic amines) is 1. The Bertz CT molecular complexity index is 451. The highest BCUT2D eigenvalue weighted by atomic mass is 16.3. The van der Waals surface area contributed by atoms with Crippen LogP contribution in [-0.4, -0.2) is 34.7 Å². The molecule has 0 spiro atoms. The molecule has 4 heteroatoms. The zero-order chi connectivity index (χ0) is 13.3. The van der Waals surface area contributed by atoms with Crippen LogP contribution in [-0.2, 0) is 0 Å². The van der Waals surface area contributed by atoms with Crippen LogP contribution in [0.25, 0.3) is 0 Å². The van der Waals surface area contributed by atoms with Crippen LogP contribution in [0, 0.1) is 12.8 Å². The van der Waals surface area contributed by atoms with Gasteiger partial charge in [0.05, 0.1) is 13.1 Å². The first kappa shape index (κ1) is 12.9. The molecule has 1 aromatic rings. The SMILES string of the molecule is Cc1cccc(NC(=O)N2CC(O)(C(C)C)C2)c1. The molecule has 0 unspecified atom stereocenters. The summed E-state index contributed by atoms with van der Waals surface area (Å²) in [6.07, 6.45) is 0. The Balaban J connectivity index is 1.92. The standard InChI is InChI=1S/C14H20N2O2/c1-10(2)14(18)8-16(9-14)13(17)15-12-6-4-5-11(3)7-12/h4-7,10,18H,8-9H2,1-3H3,(H,15,17). The number of urea groups is 1. The van der Waals surface area contributed by atoms with Gasteiger partial charge in [-0.2, -0.15) is 0 Å². The van der Waals surface area contributed by atoms with E-state index >= 15 is 0 Å². The number of aliphatic hydroxyl groups is 1. The highest BCUT2D eigenvalue weighted by Gasteiger charge is 2.45. The number of amides is 2. The highest BCUT2D eigenvalue weighted by Crippen LogP contribution is 2.28. The van der Waals surface area contributed by atoms with Gasteiger partial charge in [0.25, 0.3) is 0 Å². The maximum Gasteiger partial charge on any atom is 0.322 e. The van der Waals surface area contributed by atoms with Crippen LogP contribution in [0.3, 0.4) is 0 Å². The molecule has 2 N–H and O–H groups in total. The summed E-state index contributed by atoms with van der Waals surface area (Å²) in [7, 11) is 0. The number of hydrogen-bond donors (Lipinski definition) is 2. The fourth-order valence-corrected chi connectivity index (χ4v) is 2.05. The Labute approximate surface area is 108 Å². The van der Waals surface area contributed by atoms with Crippen molar-refractivity contribution in [3.63, 3.8) is 0 Å². The summed E-state index contributed by atoms with van der Waals surface area (Å²) < 4.78 is 0. The summed E-state index contributed by atoms with van der Waals surface area (Å²) in [5.74, 6) is 0.167. The van der Waals surface area contributed by atoms with E-state index in [1.54, 1.807) is 4.90 Å². The number of benzene rings is 1. The summed E-state index contributed by atoms with van der Waals surface area (Å²) in [6.45, 7) is 6.73. The molecule has 18 heavy (non-hydrogen) atoms. The Morgan fingerprint density at radius 2 is 2.11 bits per heavy atom. The van der Waals surface area contributed by atoms with Gasteiger partial charge in [-0.3, -0.25) is 0 Å². The Morgan fingerprint density at radius 1 is 1.44 bits per heavy atom. The van der Waals surface area contributed by atoms with Crippen molar-refractivity contribution in [1.82, 2.24) is 4.90 Å². The van der Waals surface area contributed by atoms with Gasteiger partial charge < -0.3 is 15.3 Å². The third-order valence-corrected chi connectivity index (χ3v) is 3.56. The van der Waals surface area contributed by atoms with E-state index in [1.807, 2.05) is 45.0 Å². The zero-order valence-corrected chi connectivity index (χ0v) is 11.1. The van der Waals surface area contributed by atoms with E-state index in [0.717, 1.165) is 11.3 Å². The lowest BCUT2D eigenvalue weighted by atomic mass is 9.83. The molecule has 4 nitrogen and oxygen atoms in total. The number of hydrogen-bond acceptors (Lipinski definition) is 2. The molecule has 2 amide bonds. The predicted molar refractivity (Wildman–Crippen MR) is 71.6 cm³/mol. The smallest absolute Gasteiger partial charge is 0.322 e. The van der Waals surface area contributed by atoms with Crippen LogP contribution in [0.15, 0.2) is 24.3 Å². The van der Waals surface area contributed by atoms with Crippen molar-refractivity contribution in [2.75, 3.05) is 18.4 Å². The second-order valence-electron chi connectivity index (χ2n) is 5.41. The van der Waals surface area contributed by atoms with Crippen LogP contribution in [0.5, 0.6) is 0 Å². The van der Waals surface area contributed by atoms with E-state index in [4.69, 9.17) is 0 Å². The number of carbonyl (C=O) groups is 1. The molecule has 0 bridgehead atoms. The first-order valence-corrected chi connectivity index (χ1v) is 6.26. The van der Waals surface area contributed by atoms with E-state index in [9.17, 15) is 9.90 Å². The van der Waals surface area contributed by atoms with E-state index in [2.05, 4.69) is 5.32 Å². The van der Waals surface area contributed by atoms with Crippen molar-refractivity contribution in [3.05, 3.63) is 29.8 Å². The predicted octanol–water partition coefficient (Wildman–Crippen LogP) is 2.23. The zero-order valence-electron chi connectivity index (χ0n) is 11.1. The van der Waals surface area contributed by atoms with Gasteiger partial charge >= 0.3 is 6.03 Å². The van der Waals surface area contributed by atoms with Gasteiger partial charge in [0, 0.05) is 5.69 Å². The van der Waals surface area contributed by atoms with Crippen molar-refractivity contribution in [3.8, 4) is 0 Å². The number of nitrogens with zero attached hydrogens (tertiary/aromatic N) is 1. The maximum atomic E-state index is 11.9. The molecule has 2 rings (SSSR count). The minimum Gasteiger partial charge on any atom is -0.386 e. The second kappa shape index (κ2) is 4.61. The third-order valence-electron chi connectivity index (χ3n) is 3.56. The molecule has 1 aliphatic heterocycles. The average Bonchev–Trinajstić information content (AvgIpc) is 2.24. The van der Waals surface area contributed by atoms with Crippen molar-refractivity contribution < 1.29 is 9.90 Å². The van der Waals surface area contributed by atoms with Gasteiger partial charge in [-0.05, 0) is 30.5 Å². The second-order valence-corrected chi connectivity index (χ2v) is 5.41. The van der Waals surface area contributed by atoms with Crippen LogP contribution in [0.1, 0.15) is 19.4 Å². The molecular weight excluding hydrogens is 228 g/mol. The topological polar surface area (TPSA) is 52.6 Å². The normalized spacial score (nSPS) is 17.5. The molecule has 0 aliphatic carbocycles. The minimum absolute atomic E-state index is 0.147. The van der Waals surface area contributed by atoms with E-state index in [0.29, 0.717) is 13.1 Å². The fraction of sp³-hybridized carbons (Fsp3) is 0.500. The van der Waals surface area contributed by atoms with Gasteiger partial charge in [0.15, 0.2) is 0 Å². The molecule has 0 saturated carbocycles.